The lowest BCUT2D eigenvalue weighted by Crippen LogP contribution is -2.27. The fourth-order valence-electron chi connectivity index (χ4n) is 1.88. The van der Waals surface area contributed by atoms with Gasteiger partial charge in [0.05, 0.1) is 5.69 Å². The van der Waals surface area contributed by atoms with E-state index in [0.29, 0.717) is 16.9 Å². The number of pyridine rings is 1. The summed E-state index contributed by atoms with van der Waals surface area (Å²) in [7, 11) is 0. The summed E-state index contributed by atoms with van der Waals surface area (Å²) in [6.07, 6.45) is -3.16. The Bertz CT molecular complexity index is 680. The van der Waals surface area contributed by atoms with Crippen LogP contribution in [0.1, 0.15) is 32.9 Å². The van der Waals surface area contributed by atoms with E-state index >= 15 is 0 Å². The molecule has 4 nitrogen and oxygen atoms in total. The summed E-state index contributed by atoms with van der Waals surface area (Å²) < 4.78 is 30.5. The number of benzene rings is 1. The first-order valence-corrected chi connectivity index (χ1v) is 7.10. The minimum atomic E-state index is -2.61. The first-order valence-electron chi connectivity index (χ1n) is 7.10. The molecule has 0 radical (unpaired) electrons. The van der Waals surface area contributed by atoms with Crippen molar-refractivity contribution in [3.63, 3.8) is 0 Å². The minimum Gasteiger partial charge on any atom is -0.444 e. The van der Waals surface area contributed by atoms with Crippen LogP contribution in [0.2, 0.25) is 0 Å². The molecule has 0 bridgehead atoms. The SMILES string of the molecule is CC(C)(C)OC(=O)Nc1ccc(-c2cccc(C(F)F)n2)cc1. The number of aromatic nitrogens is 1. The third kappa shape index (κ3) is 5.02. The van der Waals surface area contributed by atoms with Crippen LogP contribution >= 0.6 is 0 Å². The lowest BCUT2D eigenvalue weighted by atomic mass is 10.1. The van der Waals surface area contributed by atoms with Gasteiger partial charge in [0.2, 0.25) is 0 Å². The molecule has 122 valence electrons. The van der Waals surface area contributed by atoms with Crippen LogP contribution < -0.4 is 5.32 Å². The van der Waals surface area contributed by atoms with E-state index in [1.807, 2.05) is 0 Å². The van der Waals surface area contributed by atoms with Crippen LogP contribution in [0.15, 0.2) is 42.5 Å². The van der Waals surface area contributed by atoms with Gasteiger partial charge in [-0.15, -0.1) is 0 Å². The van der Waals surface area contributed by atoms with E-state index in [0.717, 1.165) is 0 Å². The Kier molecular flexibility index (Phi) is 4.93. The quantitative estimate of drug-likeness (QED) is 0.862. The molecular weight excluding hydrogens is 302 g/mol. The number of hydrogen-bond acceptors (Lipinski definition) is 3. The van der Waals surface area contributed by atoms with Crippen LogP contribution in [0.25, 0.3) is 11.3 Å². The molecule has 0 atom stereocenters. The van der Waals surface area contributed by atoms with Crippen molar-refractivity contribution in [3.8, 4) is 11.3 Å². The summed E-state index contributed by atoms with van der Waals surface area (Å²) in [5.41, 5.74) is 0.837. The van der Waals surface area contributed by atoms with Gasteiger partial charge < -0.3 is 4.74 Å². The second kappa shape index (κ2) is 6.73. The molecule has 0 saturated carbocycles. The number of amides is 1. The Morgan fingerprint density at radius 1 is 1.13 bits per heavy atom. The summed E-state index contributed by atoms with van der Waals surface area (Å²) in [6, 6.07) is 11.2. The summed E-state index contributed by atoms with van der Waals surface area (Å²) in [5, 5.41) is 2.61. The van der Waals surface area contributed by atoms with Gasteiger partial charge in [0.1, 0.15) is 11.3 Å². The van der Waals surface area contributed by atoms with Crippen LogP contribution in [0.3, 0.4) is 0 Å². The highest BCUT2D eigenvalue weighted by Gasteiger charge is 2.16. The molecule has 1 N–H and O–H groups in total. The Balaban J connectivity index is 2.10. The van der Waals surface area contributed by atoms with E-state index in [2.05, 4.69) is 10.3 Å². The first-order chi connectivity index (χ1) is 10.7. The smallest absolute Gasteiger partial charge is 0.412 e. The lowest BCUT2D eigenvalue weighted by molar-refractivity contribution is 0.0636. The summed E-state index contributed by atoms with van der Waals surface area (Å²) in [4.78, 5) is 15.6. The fraction of sp³-hybridized carbons (Fsp3) is 0.294. The highest BCUT2D eigenvalue weighted by molar-refractivity contribution is 5.85. The van der Waals surface area contributed by atoms with Crippen LogP contribution in [0.5, 0.6) is 0 Å². The number of ether oxygens (including phenoxy) is 1. The second-order valence-corrected chi connectivity index (χ2v) is 5.95. The van der Waals surface area contributed by atoms with Crippen LogP contribution in [0.4, 0.5) is 19.3 Å². The molecule has 2 aromatic rings. The molecule has 1 heterocycles. The molecule has 6 heteroatoms. The fourth-order valence-corrected chi connectivity index (χ4v) is 1.88. The average molecular weight is 320 g/mol. The normalized spacial score (nSPS) is 11.4. The molecule has 1 amide bonds. The predicted octanol–water partition coefficient (Wildman–Crippen LogP) is 5.03. The highest BCUT2D eigenvalue weighted by Crippen LogP contribution is 2.23. The number of halogens is 2. The van der Waals surface area contributed by atoms with Crippen molar-refractivity contribution < 1.29 is 18.3 Å². The molecule has 0 saturated heterocycles. The van der Waals surface area contributed by atoms with E-state index in [1.165, 1.54) is 12.1 Å². The highest BCUT2D eigenvalue weighted by atomic mass is 19.3. The largest absolute Gasteiger partial charge is 0.444 e. The van der Waals surface area contributed by atoms with Gasteiger partial charge in [0.25, 0.3) is 6.43 Å². The standard InChI is InChI=1S/C17H18F2N2O2/c1-17(2,3)23-16(22)20-12-9-7-11(8-10-12)13-5-4-6-14(21-13)15(18)19/h4-10,15H,1-3H3,(H,20,22). The van der Waals surface area contributed by atoms with Crippen molar-refractivity contribution in [2.45, 2.75) is 32.8 Å². The zero-order valence-corrected chi connectivity index (χ0v) is 13.1. The second-order valence-electron chi connectivity index (χ2n) is 5.95. The summed E-state index contributed by atoms with van der Waals surface area (Å²) in [6.45, 7) is 5.33. The molecule has 23 heavy (non-hydrogen) atoms. The van der Waals surface area contributed by atoms with E-state index in [-0.39, 0.29) is 5.69 Å². The maximum atomic E-state index is 12.7. The van der Waals surface area contributed by atoms with Crippen molar-refractivity contribution in [1.29, 1.82) is 0 Å². The molecule has 0 spiro atoms. The molecule has 2 rings (SSSR count). The lowest BCUT2D eigenvalue weighted by Gasteiger charge is -2.19. The van der Waals surface area contributed by atoms with E-state index in [1.54, 1.807) is 51.1 Å². The number of alkyl halides is 2. The third-order valence-corrected chi connectivity index (χ3v) is 2.82. The van der Waals surface area contributed by atoms with Gasteiger partial charge in [-0.05, 0) is 45.0 Å². The third-order valence-electron chi connectivity index (χ3n) is 2.82. The Morgan fingerprint density at radius 3 is 2.35 bits per heavy atom. The van der Waals surface area contributed by atoms with Crippen molar-refractivity contribution in [2.75, 3.05) is 5.32 Å². The number of nitrogens with one attached hydrogen (secondary N) is 1. The summed E-state index contributed by atoms with van der Waals surface area (Å²) in [5.74, 6) is 0. The van der Waals surface area contributed by atoms with Gasteiger partial charge in [-0.3, -0.25) is 5.32 Å². The van der Waals surface area contributed by atoms with Crippen LogP contribution in [-0.2, 0) is 4.74 Å². The van der Waals surface area contributed by atoms with Gasteiger partial charge in [0, 0.05) is 11.3 Å². The number of nitrogens with zero attached hydrogens (tertiary/aromatic N) is 1. The van der Waals surface area contributed by atoms with Gasteiger partial charge >= 0.3 is 6.09 Å². The van der Waals surface area contributed by atoms with Crippen LogP contribution in [0, 0.1) is 0 Å². The number of hydrogen-bond donors (Lipinski definition) is 1. The van der Waals surface area contributed by atoms with Crippen molar-refractivity contribution in [3.05, 3.63) is 48.2 Å². The van der Waals surface area contributed by atoms with E-state index < -0.39 is 18.1 Å². The number of rotatable bonds is 3. The average Bonchev–Trinajstić information content (AvgIpc) is 2.46. The van der Waals surface area contributed by atoms with E-state index in [4.69, 9.17) is 4.74 Å². The van der Waals surface area contributed by atoms with Crippen LogP contribution in [-0.4, -0.2) is 16.7 Å². The maximum absolute atomic E-state index is 12.7. The Hall–Kier alpha value is -2.50. The van der Waals surface area contributed by atoms with E-state index in [9.17, 15) is 13.6 Å². The van der Waals surface area contributed by atoms with Crippen molar-refractivity contribution in [1.82, 2.24) is 4.98 Å². The summed E-state index contributed by atoms with van der Waals surface area (Å²) >= 11 is 0. The maximum Gasteiger partial charge on any atom is 0.412 e. The first kappa shape index (κ1) is 16.9. The topological polar surface area (TPSA) is 51.2 Å². The van der Waals surface area contributed by atoms with Gasteiger partial charge in [0.15, 0.2) is 0 Å². The molecule has 1 aromatic carbocycles. The number of anilines is 1. The Morgan fingerprint density at radius 2 is 1.78 bits per heavy atom. The molecule has 0 fully saturated rings. The Labute approximate surface area is 133 Å². The predicted molar refractivity (Wildman–Crippen MR) is 84.5 cm³/mol. The molecule has 0 aliphatic heterocycles. The molecule has 0 aliphatic carbocycles. The zero-order valence-electron chi connectivity index (χ0n) is 13.1. The molecule has 0 unspecified atom stereocenters. The van der Waals surface area contributed by atoms with Crippen molar-refractivity contribution >= 4 is 11.8 Å². The zero-order chi connectivity index (χ0) is 17.0. The number of carbonyl (C=O) groups excluding carboxylic acids is 1. The molecular formula is C17H18F2N2O2. The molecule has 0 aliphatic rings. The molecule has 1 aromatic heterocycles. The minimum absolute atomic E-state index is 0.265. The monoisotopic (exact) mass is 320 g/mol. The van der Waals surface area contributed by atoms with Gasteiger partial charge in [-0.25, -0.2) is 18.6 Å². The van der Waals surface area contributed by atoms with Crippen molar-refractivity contribution in [2.24, 2.45) is 0 Å². The van der Waals surface area contributed by atoms with Gasteiger partial charge in [-0.2, -0.15) is 0 Å². The van der Waals surface area contributed by atoms with Gasteiger partial charge in [-0.1, -0.05) is 18.2 Å². The number of carbonyl (C=O) groups is 1.